The third kappa shape index (κ3) is 3.28. The SMILES string of the molecule is COc1ccc(N2C(=O)[C@H]3[C@H](C2=O)[C@H]2C=C[C@H]3C2=C(c2ccc(C)cc2)c2ccc(C)cc2)cc1. The Labute approximate surface area is 205 Å². The molecule has 1 heterocycles. The minimum Gasteiger partial charge on any atom is -0.497 e. The topological polar surface area (TPSA) is 46.6 Å². The lowest BCUT2D eigenvalue weighted by Crippen LogP contribution is -2.33. The van der Waals surface area contributed by atoms with Crippen LogP contribution in [0.2, 0.25) is 0 Å². The highest BCUT2D eigenvalue weighted by molar-refractivity contribution is 6.23. The number of hydrogen-bond donors (Lipinski definition) is 0. The zero-order chi connectivity index (χ0) is 24.3. The number of rotatable bonds is 4. The molecule has 2 fully saturated rings. The van der Waals surface area contributed by atoms with Crippen LogP contribution in [0.4, 0.5) is 5.69 Å². The average Bonchev–Trinajstić information content (AvgIpc) is 3.51. The van der Waals surface area contributed by atoms with Crippen molar-refractivity contribution in [2.75, 3.05) is 12.0 Å². The quantitative estimate of drug-likeness (QED) is 0.368. The van der Waals surface area contributed by atoms with Crippen molar-refractivity contribution in [1.82, 2.24) is 0 Å². The summed E-state index contributed by atoms with van der Waals surface area (Å²) in [4.78, 5) is 28.8. The number of amides is 2. The minimum atomic E-state index is -0.361. The molecule has 3 aromatic rings. The van der Waals surface area contributed by atoms with Gasteiger partial charge in [0.15, 0.2) is 0 Å². The first kappa shape index (κ1) is 21.6. The molecule has 174 valence electrons. The van der Waals surface area contributed by atoms with E-state index in [0.29, 0.717) is 11.4 Å². The summed E-state index contributed by atoms with van der Waals surface area (Å²) in [5.41, 5.74) is 7.61. The number of benzene rings is 3. The standard InChI is InChI=1S/C31H27NO3/c1-18-4-8-20(9-5-18)26(21-10-6-19(2)7-11-21)27-24-16-17-25(27)29-28(24)30(33)32(31(29)34)22-12-14-23(35-3)15-13-22/h4-17,24-25,28-29H,1-3H3/t24-,25-,28+,29+/m0/s1. The van der Waals surface area contributed by atoms with Crippen molar-refractivity contribution in [2.24, 2.45) is 23.7 Å². The Balaban J connectivity index is 1.46. The molecule has 4 heteroatoms. The maximum atomic E-state index is 13.7. The fourth-order valence-corrected chi connectivity index (χ4v) is 6.02. The number of nitrogens with zero attached hydrogens (tertiary/aromatic N) is 1. The maximum absolute atomic E-state index is 13.7. The predicted octanol–water partition coefficient (Wildman–Crippen LogP) is 5.74. The molecule has 35 heavy (non-hydrogen) atoms. The summed E-state index contributed by atoms with van der Waals surface area (Å²) in [6.07, 6.45) is 4.29. The van der Waals surface area contributed by atoms with Gasteiger partial charge in [0.25, 0.3) is 0 Å². The zero-order valence-electron chi connectivity index (χ0n) is 20.1. The summed E-state index contributed by atoms with van der Waals surface area (Å²) in [5.74, 6) is -0.398. The number of anilines is 1. The largest absolute Gasteiger partial charge is 0.497 e. The van der Waals surface area contributed by atoms with Gasteiger partial charge in [0.2, 0.25) is 11.8 Å². The lowest BCUT2D eigenvalue weighted by Gasteiger charge is -2.22. The summed E-state index contributed by atoms with van der Waals surface area (Å²) in [6.45, 7) is 4.16. The summed E-state index contributed by atoms with van der Waals surface area (Å²) in [6, 6.07) is 24.2. The second-order valence-corrected chi connectivity index (χ2v) is 9.76. The first-order valence-electron chi connectivity index (χ1n) is 12.1. The Hall–Kier alpha value is -3.92. The molecule has 6 rings (SSSR count). The van der Waals surface area contributed by atoms with E-state index in [1.54, 1.807) is 31.4 Å². The van der Waals surface area contributed by atoms with Crippen LogP contribution >= 0.6 is 0 Å². The zero-order valence-corrected chi connectivity index (χ0v) is 20.1. The van der Waals surface area contributed by atoms with Gasteiger partial charge in [-0.25, -0.2) is 4.90 Å². The molecule has 3 aliphatic rings. The maximum Gasteiger partial charge on any atom is 0.238 e. The van der Waals surface area contributed by atoms with E-state index in [4.69, 9.17) is 4.74 Å². The van der Waals surface area contributed by atoms with Gasteiger partial charge in [-0.15, -0.1) is 0 Å². The van der Waals surface area contributed by atoms with Crippen molar-refractivity contribution < 1.29 is 14.3 Å². The van der Waals surface area contributed by atoms with Crippen LogP contribution in [0.3, 0.4) is 0 Å². The van der Waals surface area contributed by atoms with Crippen LogP contribution in [0.5, 0.6) is 5.75 Å². The van der Waals surface area contributed by atoms with Crippen LogP contribution in [0.15, 0.2) is 90.5 Å². The first-order valence-corrected chi connectivity index (χ1v) is 12.1. The lowest BCUT2D eigenvalue weighted by atomic mass is 9.85. The van der Waals surface area contributed by atoms with Gasteiger partial charge in [-0.05, 0) is 60.4 Å². The van der Waals surface area contributed by atoms with E-state index in [2.05, 4.69) is 74.5 Å². The number of imide groups is 1. The van der Waals surface area contributed by atoms with Gasteiger partial charge in [0.1, 0.15) is 5.75 Å². The molecular formula is C31H27NO3. The Bertz CT molecular complexity index is 1300. The van der Waals surface area contributed by atoms with Gasteiger partial charge in [0, 0.05) is 11.8 Å². The number of carbonyl (C=O) groups is 2. The molecule has 2 bridgehead atoms. The van der Waals surface area contributed by atoms with Crippen molar-refractivity contribution in [3.8, 4) is 5.75 Å². The smallest absolute Gasteiger partial charge is 0.238 e. The number of ether oxygens (including phenoxy) is 1. The Morgan fingerprint density at radius 2 is 1.14 bits per heavy atom. The van der Waals surface area contributed by atoms with Crippen LogP contribution in [0.25, 0.3) is 5.57 Å². The summed E-state index contributed by atoms with van der Waals surface area (Å²) in [7, 11) is 1.60. The number of hydrogen-bond acceptors (Lipinski definition) is 3. The van der Waals surface area contributed by atoms with Crippen molar-refractivity contribution in [2.45, 2.75) is 13.8 Å². The molecule has 1 saturated heterocycles. The van der Waals surface area contributed by atoms with Crippen molar-refractivity contribution in [1.29, 1.82) is 0 Å². The number of aryl methyl sites for hydroxylation is 2. The van der Waals surface area contributed by atoms with Crippen LogP contribution < -0.4 is 9.64 Å². The molecular weight excluding hydrogens is 434 g/mol. The molecule has 0 radical (unpaired) electrons. The van der Waals surface area contributed by atoms with Gasteiger partial charge >= 0.3 is 0 Å². The Morgan fingerprint density at radius 1 is 0.686 bits per heavy atom. The highest BCUT2D eigenvalue weighted by Gasteiger charge is 2.62. The Morgan fingerprint density at radius 3 is 1.57 bits per heavy atom. The first-order chi connectivity index (χ1) is 17.0. The fourth-order valence-electron chi connectivity index (χ4n) is 6.02. The Kier molecular flexibility index (Phi) is 4.99. The number of methoxy groups -OCH3 is 1. The molecule has 0 unspecified atom stereocenters. The molecule has 3 aromatic carbocycles. The molecule has 2 amide bonds. The third-order valence-electron chi connectivity index (χ3n) is 7.72. The molecule has 1 aliphatic heterocycles. The van der Waals surface area contributed by atoms with E-state index >= 15 is 0 Å². The number of fused-ring (bicyclic) bond motifs is 5. The van der Waals surface area contributed by atoms with E-state index in [1.807, 2.05) is 0 Å². The molecule has 0 aromatic heterocycles. The van der Waals surface area contributed by atoms with Crippen LogP contribution in [0.1, 0.15) is 22.3 Å². The summed E-state index contributed by atoms with van der Waals surface area (Å²) < 4.78 is 5.24. The molecule has 4 nitrogen and oxygen atoms in total. The van der Waals surface area contributed by atoms with E-state index in [9.17, 15) is 9.59 Å². The van der Waals surface area contributed by atoms with Crippen molar-refractivity contribution >= 4 is 23.1 Å². The van der Waals surface area contributed by atoms with Crippen LogP contribution in [-0.4, -0.2) is 18.9 Å². The molecule has 2 aliphatic carbocycles. The minimum absolute atomic E-state index is 0.0812. The van der Waals surface area contributed by atoms with E-state index in [-0.39, 0.29) is 35.5 Å². The van der Waals surface area contributed by atoms with E-state index < -0.39 is 0 Å². The lowest BCUT2D eigenvalue weighted by molar-refractivity contribution is -0.122. The third-order valence-corrected chi connectivity index (χ3v) is 7.72. The van der Waals surface area contributed by atoms with Crippen molar-refractivity contribution in [3.05, 3.63) is 113 Å². The van der Waals surface area contributed by atoms with Crippen molar-refractivity contribution in [3.63, 3.8) is 0 Å². The van der Waals surface area contributed by atoms with Gasteiger partial charge < -0.3 is 4.74 Å². The van der Waals surface area contributed by atoms with Gasteiger partial charge in [0.05, 0.1) is 24.6 Å². The van der Waals surface area contributed by atoms with Crippen LogP contribution in [-0.2, 0) is 9.59 Å². The molecule has 1 saturated carbocycles. The van der Waals surface area contributed by atoms with Gasteiger partial charge in [-0.3, -0.25) is 9.59 Å². The average molecular weight is 462 g/mol. The monoisotopic (exact) mass is 461 g/mol. The second kappa shape index (κ2) is 8.09. The highest BCUT2D eigenvalue weighted by Crippen LogP contribution is 2.58. The molecule has 0 N–H and O–H groups in total. The summed E-state index contributed by atoms with van der Waals surface area (Å²) >= 11 is 0. The van der Waals surface area contributed by atoms with Gasteiger partial charge in [-0.2, -0.15) is 0 Å². The highest BCUT2D eigenvalue weighted by atomic mass is 16.5. The second-order valence-electron chi connectivity index (χ2n) is 9.76. The number of carbonyl (C=O) groups excluding carboxylic acids is 2. The van der Waals surface area contributed by atoms with Gasteiger partial charge in [-0.1, -0.05) is 71.8 Å². The number of allylic oxidation sites excluding steroid dienone is 3. The normalized spacial score (nSPS) is 24.3. The molecule has 4 atom stereocenters. The molecule has 0 spiro atoms. The van der Waals surface area contributed by atoms with E-state index in [0.717, 1.165) is 16.7 Å². The predicted molar refractivity (Wildman–Crippen MR) is 137 cm³/mol. The fraction of sp³-hybridized carbons (Fsp3) is 0.226. The van der Waals surface area contributed by atoms with E-state index in [1.165, 1.54) is 21.6 Å². The van der Waals surface area contributed by atoms with Crippen LogP contribution in [0, 0.1) is 37.5 Å². The summed E-state index contributed by atoms with van der Waals surface area (Å²) in [5, 5.41) is 0.